The maximum Gasteiger partial charge on any atom is 0.240 e. The summed E-state index contributed by atoms with van der Waals surface area (Å²) in [7, 11) is 3.24. The lowest BCUT2D eigenvalue weighted by Crippen LogP contribution is -2.30. The Labute approximate surface area is 121 Å². The van der Waals surface area contributed by atoms with Gasteiger partial charge in [0.15, 0.2) is 5.13 Å². The van der Waals surface area contributed by atoms with Gasteiger partial charge in [-0.15, -0.1) is 0 Å². The number of fused-ring (bicyclic) bond motifs is 1. The molecule has 1 amide bonds. The Morgan fingerprint density at radius 3 is 3.00 bits per heavy atom. The molecule has 0 bridgehead atoms. The molecular weight excluding hydrogens is 278 g/mol. The zero-order valence-electron chi connectivity index (χ0n) is 11.4. The molecule has 0 aliphatic carbocycles. The highest BCUT2D eigenvalue weighted by Crippen LogP contribution is 2.28. The SMILES string of the molecule is COCCNCC(=O)Nc1nc2ccc(OC)cc2s1. The van der Waals surface area contributed by atoms with Crippen molar-refractivity contribution in [1.82, 2.24) is 10.3 Å². The molecule has 6 nitrogen and oxygen atoms in total. The monoisotopic (exact) mass is 295 g/mol. The second-order valence-corrected chi connectivity index (χ2v) is 5.10. The molecule has 20 heavy (non-hydrogen) atoms. The quantitative estimate of drug-likeness (QED) is 0.757. The second-order valence-electron chi connectivity index (χ2n) is 4.07. The number of amides is 1. The van der Waals surface area contributed by atoms with Crippen molar-refractivity contribution in [3.63, 3.8) is 0 Å². The normalized spacial score (nSPS) is 10.7. The molecule has 0 unspecified atom stereocenters. The van der Waals surface area contributed by atoms with Gasteiger partial charge in [-0.3, -0.25) is 4.79 Å². The standard InChI is InChI=1S/C13H17N3O3S/c1-18-6-5-14-8-12(17)16-13-15-10-4-3-9(19-2)7-11(10)20-13/h3-4,7,14H,5-6,8H2,1-2H3,(H,15,16,17). The first kappa shape index (κ1) is 14.7. The van der Waals surface area contributed by atoms with E-state index in [-0.39, 0.29) is 12.5 Å². The Bertz CT molecular complexity index is 585. The second kappa shape index (κ2) is 7.18. The van der Waals surface area contributed by atoms with Crippen molar-refractivity contribution in [2.45, 2.75) is 0 Å². The van der Waals surface area contributed by atoms with Crippen molar-refractivity contribution >= 4 is 32.6 Å². The zero-order valence-corrected chi connectivity index (χ0v) is 12.3. The van der Waals surface area contributed by atoms with Crippen LogP contribution in [-0.4, -0.2) is 44.8 Å². The molecule has 0 aliphatic heterocycles. The summed E-state index contributed by atoms with van der Waals surface area (Å²) < 4.78 is 11.0. The number of nitrogens with zero attached hydrogens (tertiary/aromatic N) is 1. The van der Waals surface area contributed by atoms with Crippen LogP contribution in [0, 0.1) is 0 Å². The highest BCUT2D eigenvalue weighted by molar-refractivity contribution is 7.22. The van der Waals surface area contributed by atoms with Gasteiger partial charge in [0.05, 0.1) is 30.5 Å². The number of methoxy groups -OCH3 is 2. The number of nitrogens with one attached hydrogen (secondary N) is 2. The molecule has 0 fully saturated rings. The predicted molar refractivity (Wildman–Crippen MR) is 79.5 cm³/mol. The smallest absolute Gasteiger partial charge is 0.240 e. The molecule has 2 aromatic rings. The summed E-state index contributed by atoms with van der Waals surface area (Å²) in [5.41, 5.74) is 0.846. The molecule has 7 heteroatoms. The van der Waals surface area contributed by atoms with E-state index in [1.165, 1.54) is 11.3 Å². The van der Waals surface area contributed by atoms with Crippen molar-refractivity contribution in [1.29, 1.82) is 0 Å². The van der Waals surface area contributed by atoms with Crippen molar-refractivity contribution in [3.8, 4) is 5.75 Å². The number of aromatic nitrogens is 1. The number of carbonyl (C=O) groups excluding carboxylic acids is 1. The van der Waals surface area contributed by atoms with E-state index in [4.69, 9.17) is 9.47 Å². The first-order chi connectivity index (χ1) is 9.72. The maximum absolute atomic E-state index is 11.7. The van der Waals surface area contributed by atoms with Crippen LogP contribution in [0.3, 0.4) is 0 Å². The van der Waals surface area contributed by atoms with Gasteiger partial charge in [-0.1, -0.05) is 11.3 Å². The van der Waals surface area contributed by atoms with Gasteiger partial charge < -0.3 is 20.1 Å². The third-order valence-corrected chi connectivity index (χ3v) is 3.54. The molecule has 0 atom stereocenters. The number of hydrogen-bond donors (Lipinski definition) is 2. The number of thiazole rings is 1. The number of carbonyl (C=O) groups is 1. The van der Waals surface area contributed by atoms with Crippen LogP contribution in [-0.2, 0) is 9.53 Å². The van der Waals surface area contributed by atoms with E-state index in [0.717, 1.165) is 16.0 Å². The first-order valence-corrected chi connectivity index (χ1v) is 6.98. The van der Waals surface area contributed by atoms with Gasteiger partial charge in [0.1, 0.15) is 5.75 Å². The summed E-state index contributed by atoms with van der Waals surface area (Å²) in [6, 6.07) is 5.62. The fourth-order valence-electron chi connectivity index (χ4n) is 1.62. The number of rotatable bonds is 7. The minimum atomic E-state index is -0.118. The predicted octanol–water partition coefficient (Wildman–Crippen LogP) is 1.48. The van der Waals surface area contributed by atoms with Gasteiger partial charge in [-0.25, -0.2) is 4.98 Å². The van der Waals surface area contributed by atoms with Gasteiger partial charge in [-0.2, -0.15) is 0 Å². The van der Waals surface area contributed by atoms with Crippen molar-refractivity contribution in [2.24, 2.45) is 0 Å². The topological polar surface area (TPSA) is 72.5 Å². The van der Waals surface area contributed by atoms with Crippen LogP contribution in [0.5, 0.6) is 5.75 Å². The Morgan fingerprint density at radius 2 is 2.25 bits per heavy atom. The molecule has 2 rings (SSSR count). The third-order valence-electron chi connectivity index (χ3n) is 2.61. The fraction of sp³-hybridized carbons (Fsp3) is 0.385. The van der Waals surface area contributed by atoms with Crippen LogP contribution in [0.2, 0.25) is 0 Å². The molecule has 2 N–H and O–H groups in total. The van der Waals surface area contributed by atoms with Crippen LogP contribution in [0.15, 0.2) is 18.2 Å². The summed E-state index contributed by atoms with van der Waals surface area (Å²) >= 11 is 1.42. The van der Waals surface area contributed by atoms with E-state index in [0.29, 0.717) is 18.3 Å². The molecule has 0 saturated heterocycles. The van der Waals surface area contributed by atoms with Crippen molar-refractivity contribution < 1.29 is 14.3 Å². The lowest BCUT2D eigenvalue weighted by atomic mass is 10.3. The lowest BCUT2D eigenvalue weighted by Gasteiger charge is -2.03. The Balaban J connectivity index is 1.94. The van der Waals surface area contributed by atoms with Gasteiger partial charge in [0.2, 0.25) is 5.91 Å². The minimum absolute atomic E-state index is 0.118. The third kappa shape index (κ3) is 3.89. The molecule has 1 aromatic carbocycles. The molecule has 0 spiro atoms. The lowest BCUT2D eigenvalue weighted by molar-refractivity contribution is -0.115. The summed E-state index contributed by atoms with van der Waals surface area (Å²) in [6.45, 7) is 1.46. The van der Waals surface area contributed by atoms with Crippen LogP contribution in [0.25, 0.3) is 10.2 Å². The first-order valence-electron chi connectivity index (χ1n) is 6.17. The largest absolute Gasteiger partial charge is 0.497 e. The Kier molecular flexibility index (Phi) is 5.28. The zero-order chi connectivity index (χ0) is 14.4. The Morgan fingerprint density at radius 1 is 1.40 bits per heavy atom. The maximum atomic E-state index is 11.7. The van der Waals surface area contributed by atoms with Crippen LogP contribution >= 0.6 is 11.3 Å². The average Bonchev–Trinajstić information content (AvgIpc) is 2.84. The Hall–Kier alpha value is -1.70. The number of benzene rings is 1. The van der Waals surface area contributed by atoms with Gasteiger partial charge >= 0.3 is 0 Å². The molecule has 0 radical (unpaired) electrons. The van der Waals surface area contributed by atoms with Crippen molar-refractivity contribution in [3.05, 3.63) is 18.2 Å². The van der Waals surface area contributed by atoms with Gasteiger partial charge in [0.25, 0.3) is 0 Å². The van der Waals surface area contributed by atoms with Gasteiger partial charge in [-0.05, 0) is 18.2 Å². The highest BCUT2D eigenvalue weighted by Gasteiger charge is 2.08. The van der Waals surface area contributed by atoms with Crippen LogP contribution < -0.4 is 15.4 Å². The fourth-order valence-corrected chi connectivity index (χ4v) is 2.54. The molecule has 0 aliphatic rings. The van der Waals surface area contributed by atoms with E-state index in [1.807, 2.05) is 18.2 Å². The van der Waals surface area contributed by atoms with E-state index in [2.05, 4.69) is 15.6 Å². The molecule has 108 valence electrons. The summed E-state index contributed by atoms with van der Waals surface area (Å²) in [5.74, 6) is 0.660. The molecule has 0 saturated carbocycles. The van der Waals surface area contributed by atoms with E-state index >= 15 is 0 Å². The summed E-state index contributed by atoms with van der Waals surface area (Å²) in [6.07, 6.45) is 0. The molecule has 1 heterocycles. The average molecular weight is 295 g/mol. The number of hydrogen-bond acceptors (Lipinski definition) is 6. The number of ether oxygens (including phenoxy) is 2. The van der Waals surface area contributed by atoms with E-state index in [9.17, 15) is 4.79 Å². The van der Waals surface area contributed by atoms with E-state index in [1.54, 1.807) is 14.2 Å². The number of anilines is 1. The minimum Gasteiger partial charge on any atom is -0.497 e. The summed E-state index contributed by atoms with van der Waals surface area (Å²) in [4.78, 5) is 16.1. The van der Waals surface area contributed by atoms with Crippen LogP contribution in [0.4, 0.5) is 5.13 Å². The molecule has 1 aromatic heterocycles. The van der Waals surface area contributed by atoms with E-state index < -0.39 is 0 Å². The van der Waals surface area contributed by atoms with Crippen LogP contribution in [0.1, 0.15) is 0 Å². The highest BCUT2D eigenvalue weighted by atomic mass is 32.1. The van der Waals surface area contributed by atoms with Crippen molar-refractivity contribution in [2.75, 3.05) is 39.2 Å². The summed E-state index contributed by atoms with van der Waals surface area (Å²) in [5, 5.41) is 6.34. The molecular formula is C13H17N3O3S. The van der Waals surface area contributed by atoms with Gasteiger partial charge in [0, 0.05) is 13.7 Å².